The van der Waals surface area contributed by atoms with Gasteiger partial charge in [0.1, 0.15) is 0 Å². The fraction of sp³-hybridized carbons (Fsp3) is 0.391. The summed E-state index contributed by atoms with van der Waals surface area (Å²) in [7, 11) is 1.88. The number of hydrogen-bond acceptors (Lipinski definition) is 3. The number of carbonyl (C=O) groups excluding carboxylic acids is 2. The minimum Gasteiger partial charge on any atom is -0.368 e. The zero-order valence-electron chi connectivity index (χ0n) is 17.9. The number of rotatable bonds is 6. The Hall–Kier alpha value is -2.57. The van der Waals surface area contributed by atoms with E-state index in [-0.39, 0.29) is 18.4 Å². The zero-order valence-corrected chi connectivity index (χ0v) is 18.6. The van der Waals surface area contributed by atoms with Crippen molar-refractivity contribution >= 4 is 34.8 Å². The first-order valence-electron chi connectivity index (χ1n) is 10.3. The third-order valence-electron chi connectivity index (χ3n) is 5.60. The summed E-state index contributed by atoms with van der Waals surface area (Å²) in [5, 5.41) is 3.68. The molecule has 0 spiro atoms. The monoisotopic (exact) mass is 429 g/mol. The standard InChI is InChI=1S/C23H29ClN4O2/c1-17-6-4-9-21(18(17)2)25-22(29)15-26(3)16-23(30)28-12-10-27(11-13-28)20-8-5-7-19(24)14-20/h4-9,14H,10-13,15-16H2,1-3H3,(H,25,29)/p+1. The van der Waals surface area contributed by atoms with Crippen molar-refractivity contribution in [3.8, 4) is 0 Å². The summed E-state index contributed by atoms with van der Waals surface area (Å²) in [6.07, 6.45) is 0. The first-order valence-corrected chi connectivity index (χ1v) is 10.7. The summed E-state index contributed by atoms with van der Waals surface area (Å²) in [6, 6.07) is 13.6. The summed E-state index contributed by atoms with van der Waals surface area (Å²) in [4.78, 5) is 30.1. The Bertz CT molecular complexity index is 910. The fourth-order valence-corrected chi connectivity index (χ4v) is 3.86. The van der Waals surface area contributed by atoms with E-state index in [0.29, 0.717) is 19.6 Å². The van der Waals surface area contributed by atoms with Crippen LogP contribution in [0.1, 0.15) is 11.1 Å². The van der Waals surface area contributed by atoms with E-state index in [2.05, 4.69) is 10.2 Å². The molecule has 160 valence electrons. The van der Waals surface area contributed by atoms with Crippen molar-refractivity contribution in [1.29, 1.82) is 0 Å². The minimum atomic E-state index is -0.0835. The lowest BCUT2D eigenvalue weighted by molar-refractivity contribution is -0.862. The molecule has 1 saturated heterocycles. The van der Waals surface area contributed by atoms with E-state index in [1.54, 1.807) is 0 Å². The van der Waals surface area contributed by atoms with Crippen LogP contribution in [-0.2, 0) is 9.59 Å². The molecule has 2 amide bonds. The van der Waals surface area contributed by atoms with Gasteiger partial charge in [0.25, 0.3) is 11.8 Å². The van der Waals surface area contributed by atoms with Gasteiger partial charge in [0, 0.05) is 42.6 Å². The highest BCUT2D eigenvalue weighted by atomic mass is 35.5. The number of quaternary nitrogens is 1. The molecule has 7 heteroatoms. The minimum absolute atomic E-state index is 0.0813. The largest absolute Gasteiger partial charge is 0.368 e. The van der Waals surface area contributed by atoms with Crippen LogP contribution < -0.4 is 15.1 Å². The molecule has 1 aliphatic heterocycles. The maximum atomic E-state index is 12.7. The van der Waals surface area contributed by atoms with Crippen LogP contribution in [0.15, 0.2) is 42.5 Å². The van der Waals surface area contributed by atoms with Gasteiger partial charge >= 0.3 is 0 Å². The highest BCUT2D eigenvalue weighted by molar-refractivity contribution is 6.30. The summed E-state index contributed by atoms with van der Waals surface area (Å²) in [5.41, 5.74) is 4.12. The normalized spacial score (nSPS) is 15.1. The van der Waals surface area contributed by atoms with E-state index >= 15 is 0 Å². The second-order valence-corrected chi connectivity index (χ2v) is 8.39. The number of anilines is 2. The molecular weight excluding hydrogens is 400 g/mol. The quantitative estimate of drug-likeness (QED) is 0.735. The van der Waals surface area contributed by atoms with Gasteiger partial charge in [0.05, 0.1) is 7.05 Å². The van der Waals surface area contributed by atoms with E-state index in [0.717, 1.165) is 45.5 Å². The molecule has 0 aliphatic carbocycles. The molecule has 2 aromatic rings. The van der Waals surface area contributed by atoms with Gasteiger partial charge in [-0.3, -0.25) is 9.59 Å². The predicted molar refractivity (Wildman–Crippen MR) is 121 cm³/mol. The van der Waals surface area contributed by atoms with Crippen LogP contribution in [0, 0.1) is 13.8 Å². The second-order valence-electron chi connectivity index (χ2n) is 7.95. The van der Waals surface area contributed by atoms with Gasteiger partial charge in [-0.15, -0.1) is 0 Å². The van der Waals surface area contributed by atoms with Crippen molar-refractivity contribution in [3.63, 3.8) is 0 Å². The Labute approximate surface area is 183 Å². The first kappa shape index (κ1) is 22.1. The van der Waals surface area contributed by atoms with E-state index < -0.39 is 0 Å². The topological polar surface area (TPSA) is 57.1 Å². The van der Waals surface area contributed by atoms with Gasteiger partial charge in [-0.2, -0.15) is 0 Å². The van der Waals surface area contributed by atoms with E-state index in [1.165, 1.54) is 0 Å². The molecule has 0 aromatic heterocycles. The number of halogens is 1. The van der Waals surface area contributed by atoms with E-state index in [9.17, 15) is 9.59 Å². The van der Waals surface area contributed by atoms with Crippen molar-refractivity contribution in [2.75, 3.05) is 56.5 Å². The Kier molecular flexibility index (Phi) is 7.34. The lowest BCUT2D eigenvalue weighted by atomic mass is 10.1. The molecule has 0 bridgehead atoms. The van der Waals surface area contributed by atoms with Crippen molar-refractivity contribution in [2.24, 2.45) is 0 Å². The highest BCUT2D eigenvalue weighted by Gasteiger charge is 2.24. The molecule has 3 rings (SSSR count). The zero-order chi connectivity index (χ0) is 21.7. The summed E-state index contributed by atoms with van der Waals surface area (Å²) in [6.45, 7) is 7.47. The Morgan fingerprint density at radius 1 is 1.03 bits per heavy atom. The van der Waals surface area contributed by atoms with Crippen molar-refractivity contribution in [2.45, 2.75) is 13.8 Å². The Morgan fingerprint density at radius 3 is 2.43 bits per heavy atom. The Morgan fingerprint density at radius 2 is 1.73 bits per heavy atom. The molecule has 0 radical (unpaired) electrons. The fourth-order valence-electron chi connectivity index (χ4n) is 3.67. The lowest BCUT2D eigenvalue weighted by Gasteiger charge is -2.36. The average Bonchev–Trinajstić information content (AvgIpc) is 2.71. The SMILES string of the molecule is Cc1cccc(NC(=O)C[NH+](C)CC(=O)N2CCN(c3cccc(Cl)c3)CC2)c1C. The molecule has 1 fully saturated rings. The molecular formula is C23H30ClN4O2+. The summed E-state index contributed by atoms with van der Waals surface area (Å²) < 4.78 is 0. The molecule has 30 heavy (non-hydrogen) atoms. The van der Waals surface area contributed by atoms with Crippen LogP contribution in [0.5, 0.6) is 0 Å². The van der Waals surface area contributed by atoms with Gasteiger partial charge in [-0.05, 0) is 49.2 Å². The van der Waals surface area contributed by atoms with Crippen molar-refractivity contribution < 1.29 is 14.5 Å². The van der Waals surface area contributed by atoms with Gasteiger partial charge in [0.2, 0.25) is 0 Å². The second kappa shape index (κ2) is 9.96. The van der Waals surface area contributed by atoms with Gasteiger partial charge < -0.3 is 20.0 Å². The number of benzene rings is 2. The van der Waals surface area contributed by atoms with Gasteiger partial charge in [-0.25, -0.2) is 0 Å². The number of nitrogens with one attached hydrogen (secondary N) is 2. The van der Waals surface area contributed by atoms with Crippen LogP contribution in [-0.4, -0.2) is 63.0 Å². The van der Waals surface area contributed by atoms with Crippen LogP contribution in [0.3, 0.4) is 0 Å². The molecule has 2 N–H and O–H groups in total. The number of amides is 2. The third kappa shape index (κ3) is 5.74. The van der Waals surface area contributed by atoms with Crippen LogP contribution >= 0.6 is 11.6 Å². The van der Waals surface area contributed by atoms with Crippen molar-refractivity contribution in [1.82, 2.24) is 4.90 Å². The number of piperazine rings is 1. The number of carbonyl (C=O) groups is 2. The number of likely N-dealkylation sites (N-methyl/N-ethyl adjacent to an activating group) is 1. The van der Waals surface area contributed by atoms with E-state index in [4.69, 9.17) is 11.6 Å². The van der Waals surface area contributed by atoms with Crippen molar-refractivity contribution in [3.05, 3.63) is 58.6 Å². The molecule has 0 saturated carbocycles. The maximum Gasteiger partial charge on any atom is 0.279 e. The van der Waals surface area contributed by atoms with Crippen LogP contribution in [0.25, 0.3) is 0 Å². The molecule has 1 heterocycles. The predicted octanol–water partition coefficient (Wildman–Crippen LogP) is 1.76. The highest BCUT2D eigenvalue weighted by Crippen LogP contribution is 2.21. The Balaban J connectivity index is 1.45. The molecule has 6 nitrogen and oxygen atoms in total. The lowest BCUT2D eigenvalue weighted by Crippen LogP contribution is -3.11. The van der Waals surface area contributed by atoms with Gasteiger partial charge in [-0.1, -0.05) is 29.8 Å². The van der Waals surface area contributed by atoms with Gasteiger partial charge in [0.15, 0.2) is 13.1 Å². The smallest absolute Gasteiger partial charge is 0.279 e. The molecule has 1 aliphatic rings. The molecule has 2 aromatic carbocycles. The molecule has 1 atom stereocenters. The van der Waals surface area contributed by atoms with Crippen LogP contribution in [0.4, 0.5) is 11.4 Å². The molecule has 1 unspecified atom stereocenters. The number of aryl methyl sites for hydroxylation is 1. The van der Waals surface area contributed by atoms with E-state index in [1.807, 2.05) is 68.3 Å². The first-order chi connectivity index (χ1) is 14.3. The summed E-state index contributed by atoms with van der Waals surface area (Å²) in [5.74, 6) is -0.00226. The number of hydrogen-bond donors (Lipinski definition) is 2. The van der Waals surface area contributed by atoms with Crippen LogP contribution in [0.2, 0.25) is 5.02 Å². The number of nitrogens with zero attached hydrogens (tertiary/aromatic N) is 2. The summed E-state index contributed by atoms with van der Waals surface area (Å²) >= 11 is 6.08. The average molecular weight is 430 g/mol. The third-order valence-corrected chi connectivity index (χ3v) is 5.83. The maximum absolute atomic E-state index is 12.7.